The van der Waals surface area contributed by atoms with E-state index in [1.54, 1.807) is 14.2 Å². The summed E-state index contributed by atoms with van der Waals surface area (Å²) in [5.41, 5.74) is 0. The zero-order chi connectivity index (χ0) is 15.7. The first kappa shape index (κ1) is 17.8. The molecule has 8 nitrogen and oxygen atoms in total. The van der Waals surface area contributed by atoms with Crippen LogP contribution in [0.2, 0.25) is 0 Å². The van der Waals surface area contributed by atoms with Gasteiger partial charge in [-0.15, -0.1) is 3.89 Å². The second-order valence-corrected chi connectivity index (χ2v) is 4.78. The molecule has 0 radical (unpaired) electrons. The molecule has 0 fully saturated rings. The second-order valence-electron chi connectivity index (χ2n) is 3.98. The summed E-state index contributed by atoms with van der Waals surface area (Å²) in [7, 11) is 4.52. The van der Waals surface area contributed by atoms with E-state index in [2.05, 4.69) is 4.98 Å². The largest absolute Gasteiger partial charge is 0.467 e. The predicted molar refractivity (Wildman–Crippen MR) is 74.2 cm³/mol. The average molecular weight is 325 g/mol. The minimum Gasteiger partial charge on any atom is -0.467 e. The molecule has 1 aromatic heterocycles. The van der Waals surface area contributed by atoms with Gasteiger partial charge in [0.25, 0.3) is 0 Å². The van der Waals surface area contributed by atoms with Gasteiger partial charge < -0.3 is 18.9 Å². The van der Waals surface area contributed by atoms with Crippen LogP contribution in [0.3, 0.4) is 0 Å². The lowest BCUT2D eigenvalue weighted by molar-refractivity contribution is 0.0618. The van der Waals surface area contributed by atoms with E-state index in [1.165, 1.54) is 13.3 Å². The second kappa shape index (κ2) is 9.66. The van der Waals surface area contributed by atoms with Crippen LogP contribution in [0.5, 0.6) is 11.9 Å². The van der Waals surface area contributed by atoms with Crippen LogP contribution in [0, 0.1) is 0 Å². The van der Waals surface area contributed by atoms with Gasteiger partial charge in [-0.25, -0.2) is 0 Å². The van der Waals surface area contributed by atoms with Crippen molar-refractivity contribution in [2.24, 2.45) is 0 Å². The number of hydrogen-bond acceptors (Lipinski definition) is 7. The normalized spacial score (nSPS) is 12.6. The van der Waals surface area contributed by atoms with E-state index in [0.717, 1.165) is 3.97 Å². The summed E-state index contributed by atoms with van der Waals surface area (Å²) in [6, 6.07) is -0.119. The third-order valence-corrected chi connectivity index (χ3v) is 3.15. The number of imidazole rings is 1. The number of methoxy groups -OCH3 is 3. The van der Waals surface area contributed by atoms with Crippen molar-refractivity contribution in [1.82, 2.24) is 13.9 Å². The van der Waals surface area contributed by atoms with Gasteiger partial charge in [-0.3, -0.25) is 4.90 Å². The highest BCUT2D eigenvalue weighted by molar-refractivity contribution is 7.78. The molecule has 1 heterocycles. The van der Waals surface area contributed by atoms with Crippen LogP contribution in [-0.4, -0.2) is 72.4 Å². The third-order valence-electron chi connectivity index (χ3n) is 2.58. The topological polar surface area (TPSA) is 75.0 Å². The Morgan fingerprint density at radius 2 is 1.90 bits per heavy atom. The molecule has 1 aromatic rings. The van der Waals surface area contributed by atoms with E-state index >= 15 is 0 Å². The molecule has 0 saturated heterocycles. The van der Waals surface area contributed by atoms with Gasteiger partial charge in [-0.1, -0.05) is 0 Å². The molecule has 10 heteroatoms. The van der Waals surface area contributed by atoms with E-state index in [1.807, 2.05) is 4.90 Å². The van der Waals surface area contributed by atoms with Crippen molar-refractivity contribution < 1.29 is 27.0 Å². The fraction of sp³-hybridized carbons (Fsp3) is 0.727. The highest BCUT2D eigenvalue weighted by Crippen LogP contribution is 2.18. The molecule has 0 saturated carbocycles. The molecular formula is C11H20FN3O5S. The first-order valence-corrected chi connectivity index (χ1v) is 7.18. The third kappa shape index (κ3) is 5.96. The van der Waals surface area contributed by atoms with Gasteiger partial charge in [0.05, 0.1) is 26.5 Å². The van der Waals surface area contributed by atoms with E-state index < -0.39 is 11.4 Å². The Labute approximate surface area is 125 Å². The standard InChI is InChI=1S/C11H20FN3O5S/c1-17-6-4-14(5-7-18-2)9-20-10-8-15(21(12)16)11(13-10)19-3/h8H,4-7,9H2,1-3H3. The highest BCUT2D eigenvalue weighted by Gasteiger charge is 2.15. The SMILES string of the molecule is COCCN(CCOC)COc1cn(S(=O)F)c(OC)n1. The van der Waals surface area contributed by atoms with Crippen LogP contribution in [-0.2, 0) is 20.8 Å². The number of ether oxygens (including phenoxy) is 4. The molecule has 0 aliphatic heterocycles. The van der Waals surface area contributed by atoms with E-state index in [0.29, 0.717) is 26.3 Å². The maximum atomic E-state index is 12.8. The Hall–Kier alpha value is -1.23. The molecule has 0 aliphatic carbocycles. The first-order chi connectivity index (χ1) is 10.1. The van der Waals surface area contributed by atoms with Gasteiger partial charge >= 0.3 is 17.4 Å². The van der Waals surface area contributed by atoms with Crippen molar-refractivity contribution in [3.8, 4) is 11.9 Å². The molecule has 0 amide bonds. The first-order valence-electron chi connectivity index (χ1n) is 6.17. The lowest BCUT2D eigenvalue weighted by Crippen LogP contribution is -2.34. The molecule has 0 bridgehead atoms. The summed E-state index contributed by atoms with van der Waals surface area (Å²) in [6.45, 7) is 2.59. The zero-order valence-corrected chi connectivity index (χ0v) is 13.1. The number of rotatable bonds is 11. The van der Waals surface area contributed by atoms with Crippen LogP contribution < -0.4 is 9.47 Å². The lowest BCUT2D eigenvalue weighted by atomic mass is 10.5. The van der Waals surface area contributed by atoms with Gasteiger partial charge in [-0.2, -0.15) is 13.2 Å². The van der Waals surface area contributed by atoms with Crippen LogP contribution in [0.25, 0.3) is 0 Å². The molecular weight excluding hydrogens is 305 g/mol. The minimum atomic E-state index is -2.75. The maximum absolute atomic E-state index is 12.8. The fourth-order valence-electron chi connectivity index (χ4n) is 1.48. The van der Waals surface area contributed by atoms with E-state index in [9.17, 15) is 8.09 Å². The smallest absolute Gasteiger partial charge is 0.313 e. The Morgan fingerprint density at radius 1 is 1.29 bits per heavy atom. The van der Waals surface area contributed by atoms with Gasteiger partial charge in [-0.05, 0) is 0 Å². The summed E-state index contributed by atoms with van der Waals surface area (Å²) >= 11 is -2.75. The predicted octanol–water partition coefficient (Wildman–Crippen LogP) is 0.219. The van der Waals surface area contributed by atoms with Crippen molar-refractivity contribution in [2.75, 3.05) is 54.4 Å². The molecule has 0 aromatic carbocycles. The molecule has 1 unspecified atom stereocenters. The van der Waals surface area contributed by atoms with Crippen LogP contribution in [0.1, 0.15) is 0 Å². The summed E-state index contributed by atoms with van der Waals surface area (Å²) in [5.74, 6) is 0.123. The molecule has 0 spiro atoms. The van der Waals surface area contributed by atoms with E-state index in [4.69, 9.17) is 18.9 Å². The van der Waals surface area contributed by atoms with Crippen molar-refractivity contribution >= 4 is 11.4 Å². The Bertz CT molecular complexity index is 437. The summed E-state index contributed by atoms with van der Waals surface area (Å²) < 4.78 is 44.7. The van der Waals surface area contributed by atoms with Gasteiger partial charge in [0.1, 0.15) is 6.73 Å². The number of aromatic nitrogens is 2. The molecule has 21 heavy (non-hydrogen) atoms. The molecule has 0 N–H and O–H groups in total. The zero-order valence-electron chi connectivity index (χ0n) is 12.3. The van der Waals surface area contributed by atoms with Crippen molar-refractivity contribution in [1.29, 1.82) is 0 Å². The molecule has 1 rings (SSSR count). The highest BCUT2D eigenvalue weighted by atomic mass is 32.2. The van der Waals surface area contributed by atoms with Crippen molar-refractivity contribution in [2.45, 2.75) is 0 Å². The summed E-state index contributed by atoms with van der Waals surface area (Å²) in [6.07, 6.45) is 1.18. The van der Waals surface area contributed by atoms with E-state index in [-0.39, 0.29) is 18.6 Å². The summed E-state index contributed by atoms with van der Waals surface area (Å²) in [4.78, 5) is 5.81. The van der Waals surface area contributed by atoms with Crippen LogP contribution in [0.15, 0.2) is 6.20 Å². The lowest BCUT2D eigenvalue weighted by Gasteiger charge is -2.20. The Morgan fingerprint density at radius 3 is 2.33 bits per heavy atom. The summed E-state index contributed by atoms with van der Waals surface area (Å²) in [5, 5.41) is 0. The minimum absolute atomic E-state index is 0.119. The quantitative estimate of drug-likeness (QED) is 0.425. The van der Waals surface area contributed by atoms with Crippen molar-refractivity contribution in [3.05, 3.63) is 6.20 Å². The fourth-order valence-corrected chi connectivity index (χ4v) is 1.89. The van der Waals surface area contributed by atoms with Gasteiger partial charge in [0, 0.05) is 27.3 Å². The Kier molecular flexibility index (Phi) is 8.20. The van der Waals surface area contributed by atoms with Crippen LogP contribution in [0.4, 0.5) is 3.89 Å². The average Bonchev–Trinajstić information content (AvgIpc) is 2.90. The molecule has 0 aliphatic rings. The van der Waals surface area contributed by atoms with Gasteiger partial charge in [0.2, 0.25) is 5.88 Å². The number of nitrogens with zero attached hydrogens (tertiary/aromatic N) is 3. The maximum Gasteiger partial charge on any atom is 0.313 e. The Balaban J connectivity index is 2.59. The van der Waals surface area contributed by atoms with Gasteiger partial charge in [0.15, 0.2) is 0 Å². The molecule has 122 valence electrons. The van der Waals surface area contributed by atoms with Crippen LogP contribution >= 0.6 is 0 Å². The van der Waals surface area contributed by atoms with Crippen molar-refractivity contribution in [3.63, 3.8) is 0 Å². The number of hydrogen-bond donors (Lipinski definition) is 0. The molecule has 1 atom stereocenters. The number of halogens is 1. The monoisotopic (exact) mass is 325 g/mol.